The van der Waals surface area contributed by atoms with Gasteiger partial charge in [0, 0.05) is 28.0 Å². The van der Waals surface area contributed by atoms with Crippen LogP contribution in [0, 0.1) is 13.8 Å². The molecule has 5 heteroatoms. The SMILES string of the molecule is Cc1cc(NC2CCCC2)nc(Nc2ccc(Br)c(C)c2)n1. The van der Waals surface area contributed by atoms with Crippen molar-refractivity contribution in [3.63, 3.8) is 0 Å². The number of aryl methyl sites for hydroxylation is 2. The van der Waals surface area contributed by atoms with E-state index in [1.165, 1.54) is 31.2 Å². The smallest absolute Gasteiger partial charge is 0.229 e. The summed E-state index contributed by atoms with van der Waals surface area (Å²) in [5.41, 5.74) is 3.15. The van der Waals surface area contributed by atoms with Gasteiger partial charge in [0.25, 0.3) is 0 Å². The van der Waals surface area contributed by atoms with Crippen LogP contribution in [0.1, 0.15) is 36.9 Å². The van der Waals surface area contributed by atoms with Gasteiger partial charge < -0.3 is 10.6 Å². The Balaban J connectivity index is 1.77. The van der Waals surface area contributed by atoms with Crippen molar-refractivity contribution in [2.45, 2.75) is 45.6 Å². The fourth-order valence-electron chi connectivity index (χ4n) is 2.83. The van der Waals surface area contributed by atoms with Crippen LogP contribution in [0.5, 0.6) is 0 Å². The second kappa shape index (κ2) is 6.65. The van der Waals surface area contributed by atoms with E-state index >= 15 is 0 Å². The molecule has 0 spiro atoms. The Kier molecular flexibility index (Phi) is 4.62. The van der Waals surface area contributed by atoms with Crippen molar-refractivity contribution in [1.29, 1.82) is 0 Å². The van der Waals surface area contributed by atoms with E-state index in [0.717, 1.165) is 21.7 Å². The number of hydrogen-bond acceptors (Lipinski definition) is 4. The molecule has 0 atom stereocenters. The van der Waals surface area contributed by atoms with Crippen molar-refractivity contribution in [1.82, 2.24) is 9.97 Å². The number of aromatic nitrogens is 2. The Bertz CT molecular complexity index is 666. The molecule has 0 aliphatic heterocycles. The summed E-state index contributed by atoms with van der Waals surface area (Å²) >= 11 is 3.52. The number of rotatable bonds is 4. The first-order valence-corrected chi connectivity index (χ1v) is 8.55. The maximum absolute atomic E-state index is 4.60. The van der Waals surface area contributed by atoms with Gasteiger partial charge in [-0.05, 0) is 50.5 Å². The summed E-state index contributed by atoms with van der Waals surface area (Å²) in [4.78, 5) is 9.08. The molecule has 22 heavy (non-hydrogen) atoms. The van der Waals surface area contributed by atoms with E-state index in [0.29, 0.717) is 12.0 Å². The molecule has 3 rings (SSSR count). The number of nitrogens with one attached hydrogen (secondary N) is 2. The van der Waals surface area contributed by atoms with Crippen molar-refractivity contribution in [2.24, 2.45) is 0 Å². The third-order valence-corrected chi connectivity index (χ3v) is 4.87. The lowest BCUT2D eigenvalue weighted by Crippen LogP contribution is -2.16. The van der Waals surface area contributed by atoms with Crippen molar-refractivity contribution in [3.05, 3.63) is 40.0 Å². The molecule has 1 heterocycles. The molecule has 1 fully saturated rings. The lowest BCUT2D eigenvalue weighted by Gasteiger charge is -2.14. The largest absolute Gasteiger partial charge is 0.367 e. The predicted molar refractivity (Wildman–Crippen MR) is 94.8 cm³/mol. The van der Waals surface area contributed by atoms with Crippen LogP contribution in [-0.4, -0.2) is 16.0 Å². The van der Waals surface area contributed by atoms with E-state index in [9.17, 15) is 0 Å². The number of nitrogens with zero attached hydrogens (tertiary/aromatic N) is 2. The highest BCUT2D eigenvalue weighted by Gasteiger charge is 2.15. The Hall–Kier alpha value is -1.62. The van der Waals surface area contributed by atoms with Gasteiger partial charge in [0.1, 0.15) is 5.82 Å². The molecule has 0 amide bonds. The fourth-order valence-corrected chi connectivity index (χ4v) is 3.08. The fraction of sp³-hybridized carbons (Fsp3) is 0.412. The lowest BCUT2D eigenvalue weighted by atomic mass is 10.2. The predicted octanol–water partition coefficient (Wildman–Crippen LogP) is 4.95. The van der Waals surface area contributed by atoms with Gasteiger partial charge in [-0.25, -0.2) is 4.98 Å². The highest BCUT2D eigenvalue weighted by molar-refractivity contribution is 9.10. The quantitative estimate of drug-likeness (QED) is 0.809. The zero-order valence-electron chi connectivity index (χ0n) is 13.0. The molecule has 1 aliphatic carbocycles. The van der Waals surface area contributed by atoms with E-state index in [2.05, 4.69) is 49.5 Å². The van der Waals surface area contributed by atoms with E-state index in [4.69, 9.17) is 0 Å². The maximum Gasteiger partial charge on any atom is 0.229 e. The minimum atomic E-state index is 0.553. The van der Waals surface area contributed by atoms with Crippen LogP contribution in [0.3, 0.4) is 0 Å². The van der Waals surface area contributed by atoms with Crippen LogP contribution in [0.4, 0.5) is 17.5 Å². The molecule has 1 saturated carbocycles. The Morgan fingerprint density at radius 1 is 1.09 bits per heavy atom. The lowest BCUT2D eigenvalue weighted by molar-refractivity contribution is 0.749. The van der Waals surface area contributed by atoms with Crippen LogP contribution in [0.15, 0.2) is 28.7 Å². The van der Waals surface area contributed by atoms with Crippen LogP contribution >= 0.6 is 15.9 Å². The molecule has 0 bridgehead atoms. The first kappa shape index (κ1) is 15.3. The monoisotopic (exact) mass is 360 g/mol. The van der Waals surface area contributed by atoms with E-state index in [1.54, 1.807) is 0 Å². The summed E-state index contributed by atoms with van der Waals surface area (Å²) in [6.45, 7) is 4.07. The van der Waals surface area contributed by atoms with Crippen molar-refractivity contribution < 1.29 is 0 Å². The second-order valence-electron chi connectivity index (χ2n) is 5.93. The second-order valence-corrected chi connectivity index (χ2v) is 6.79. The summed E-state index contributed by atoms with van der Waals surface area (Å²) in [6.07, 6.45) is 5.09. The van der Waals surface area contributed by atoms with Crippen LogP contribution < -0.4 is 10.6 Å². The zero-order chi connectivity index (χ0) is 15.5. The third kappa shape index (κ3) is 3.77. The number of benzene rings is 1. The van der Waals surface area contributed by atoms with Crippen molar-refractivity contribution >= 4 is 33.4 Å². The van der Waals surface area contributed by atoms with Gasteiger partial charge in [0.05, 0.1) is 0 Å². The van der Waals surface area contributed by atoms with Gasteiger partial charge in [-0.15, -0.1) is 0 Å². The molecule has 2 N–H and O–H groups in total. The summed E-state index contributed by atoms with van der Waals surface area (Å²) in [5.74, 6) is 1.55. The van der Waals surface area contributed by atoms with Crippen LogP contribution in [0.2, 0.25) is 0 Å². The standard InChI is InChI=1S/C17H21BrN4/c1-11-9-14(7-8-15(11)18)21-17-19-12(2)10-16(22-17)20-13-5-3-4-6-13/h7-10,13H,3-6H2,1-2H3,(H2,19,20,21,22). The Morgan fingerprint density at radius 3 is 2.59 bits per heavy atom. The van der Waals surface area contributed by atoms with Crippen molar-refractivity contribution in [2.75, 3.05) is 10.6 Å². The third-order valence-electron chi connectivity index (χ3n) is 3.98. The summed E-state index contributed by atoms with van der Waals surface area (Å²) in [5, 5.41) is 6.82. The van der Waals surface area contributed by atoms with Gasteiger partial charge >= 0.3 is 0 Å². The topological polar surface area (TPSA) is 49.8 Å². The summed E-state index contributed by atoms with van der Waals surface area (Å²) in [6, 6.07) is 8.70. The Labute approximate surface area is 139 Å². The first-order valence-electron chi connectivity index (χ1n) is 7.75. The van der Waals surface area contributed by atoms with Gasteiger partial charge in [-0.3, -0.25) is 0 Å². The highest BCUT2D eigenvalue weighted by atomic mass is 79.9. The molecule has 4 nitrogen and oxygen atoms in total. The Morgan fingerprint density at radius 2 is 1.86 bits per heavy atom. The molecule has 1 aromatic heterocycles. The minimum absolute atomic E-state index is 0.553. The number of halogens is 1. The maximum atomic E-state index is 4.60. The number of anilines is 3. The van der Waals surface area contributed by atoms with E-state index in [-0.39, 0.29) is 0 Å². The van der Waals surface area contributed by atoms with Gasteiger partial charge in [-0.2, -0.15) is 4.98 Å². The zero-order valence-corrected chi connectivity index (χ0v) is 14.6. The molecular formula is C17H21BrN4. The average molecular weight is 361 g/mol. The summed E-state index contributed by atoms with van der Waals surface area (Å²) in [7, 11) is 0. The van der Waals surface area contributed by atoms with Crippen molar-refractivity contribution in [3.8, 4) is 0 Å². The molecule has 0 radical (unpaired) electrons. The first-order chi connectivity index (χ1) is 10.6. The van der Waals surface area contributed by atoms with Crippen LogP contribution in [0.25, 0.3) is 0 Å². The van der Waals surface area contributed by atoms with Gasteiger partial charge in [0.15, 0.2) is 0 Å². The summed E-state index contributed by atoms with van der Waals surface area (Å²) < 4.78 is 1.10. The average Bonchev–Trinajstić information content (AvgIpc) is 2.95. The van der Waals surface area contributed by atoms with Gasteiger partial charge in [0.2, 0.25) is 5.95 Å². The molecule has 0 unspecified atom stereocenters. The normalized spacial score (nSPS) is 15.0. The van der Waals surface area contributed by atoms with E-state index < -0.39 is 0 Å². The molecule has 116 valence electrons. The van der Waals surface area contributed by atoms with Gasteiger partial charge in [-0.1, -0.05) is 28.8 Å². The number of hydrogen-bond donors (Lipinski definition) is 2. The highest BCUT2D eigenvalue weighted by Crippen LogP contribution is 2.24. The molecule has 1 aromatic carbocycles. The van der Waals surface area contributed by atoms with Crippen LogP contribution in [-0.2, 0) is 0 Å². The molecule has 2 aromatic rings. The molecule has 0 saturated heterocycles. The molecular weight excluding hydrogens is 340 g/mol. The molecule has 1 aliphatic rings. The van der Waals surface area contributed by atoms with E-state index in [1.807, 2.05) is 25.1 Å². The minimum Gasteiger partial charge on any atom is -0.367 e.